The number of carbonyl (C=O) groups excluding carboxylic acids is 2. The van der Waals surface area contributed by atoms with E-state index >= 15 is 0 Å². The van der Waals surface area contributed by atoms with Crippen LogP contribution in [0.2, 0.25) is 10.0 Å². The fourth-order valence-corrected chi connectivity index (χ4v) is 3.92. The summed E-state index contributed by atoms with van der Waals surface area (Å²) in [5, 5.41) is 12.0. The van der Waals surface area contributed by atoms with Gasteiger partial charge in [-0.3, -0.25) is 9.59 Å². The van der Waals surface area contributed by atoms with E-state index in [0.29, 0.717) is 34.2 Å². The van der Waals surface area contributed by atoms with Gasteiger partial charge in [-0.25, -0.2) is 0 Å². The van der Waals surface area contributed by atoms with Gasteiger partial charge < -0.3 is 14.4 Å². The summed E-state index contributed by atoms with van der Waals surface area (Å²) in [6.45, 7) is 2.28. The molecule has 5 nitrogen and oxygen atoms in total. The zero-order valence-corrected chi connectivity index (χ0v) is 17.0. The zero-order valence-electron chi connectivity index (χ0n) is 15.5. The molecule has 0 bridgehead atoms. The third-order valence-electron chi connectivity index (χ3n) is 4.92. The van der Waals surface area contributed by atoms with Gasteiger partial charge in [-0.15, -0.1) is 0 Å². The van der Waals surface area contributed by atoms with Crippen molar-refractivity contribution in [3.63, 3.8) is 0 Å². The van der Waals surface area contributed by atoms with Crippen LogP contribution in [0.4, 0.5) is 0 Å². The molecule has 1 amide bonds. The number of hydrogen-bond donors (Lipinski definition) is 1. The van der Waals surface area contributed by atoms with Crippen LogP contribution in [0.1, 0.15) is 35.5 Å². The third kappa shape index (κ3) is 3.30. The van der Waals surface area contributed by atoms with Crippen LogP contribution in [-0.2, 0) is 4.79 Å². The fraction of sp³-hybridized carbons (Fsp3) is 0.182. The van der Waals surface area contributed by atoms with Crippen molar-refractivity contribution in [1.82, 2.24) is 4.90 Å². The summed E-state index contributed by atoms with van der Waals surface area (Å²) in [5.41, 5.74) is 1.11. The van der Waals surface area contributed by atoms with Crippen LogP contribution in [0.3, 0.4) is 0 Å². The van der Waals surface area contributed by atoms with E-state index in [-0.39, 0.29) is 11.3 Å². The summed E-state index contributed by atoms with van der Waals surface area (Å²) in [4.78, 5) is 27.5. The van der Waals surface area contributed by atoms with Gasteiger partial charge in [0.1, 0.15) is 5.58 Å². The average Bonchev–Trinajstić information content (AvgIpc) is 3.25. The van der Waals surface area contributed by atoms with Crippen LogP contribution in [0.15, 0.2) is 64.3 Å². The number of carbonyl (C=O) groups is 2. The number of aliphatic hydroxyl groups is 1. The molecule has 1 aliphatic rings. The van der Waals surface area contributed by atoms with E-state index in [0.717, 1.165) is 5.39 Å². The highest BCUT2D eigenvalue weighted by Crippen LogP contribution is 2.41. The first-order valence-electron chi connectivity index (χ1n) is 9.14. The van der Waals surface area contributed by atoms with E-state index in [1.165, 1.54) is 4.90 Å². The number of rotatable bonds is 5. The molecule has 1 unspecified atom stereocenters. The Hall–Kier alpha value is -2.76. The number of Topliss-reactive ketones (excluding diaryl/α,β-unsaturated/α-hetero) is 1. The Morgan fingerprint density at radius 3 is 2.59 bits per heavy atom. The van der Waals surface area contributed by atoms with Crippen molar-refractivity contribution in [2.75, 3.05) is 6.54 Å². The lowest BCUT2D eigenvalue weighted by Gasteiger charge is -2.26. The predicted molar refractivity (Wildman–Crippen MR) is 111 cm³/mol. The van der Waals surface area contributed by atoms with Crippen LogP contribution in [0, 0.1) is 0 Å². The van der Waals surface area contributed by atoms with Crippen LogP contribution >= 0.6 is 23.2 Å². The van der Waals surface area contributed by atoms with Crippen LogP contribution in [0.5, 0.6) is 0 Å². The number of amides is 1. The quantitative estimate of drug-likeness (QED) is 0.525. The number of nitrogens with zero attached hydrogens (tertiary/aromatic N) is 1. The number of ketones is 1. The first kappa shape index (κ1) is 19.6. The van der Waals surface area contributed by atoms with Gasteiger partial charge in [0.25, 0.3) is 5.91 Å². The third-order valence-corrected chi connectivity index (χ3v) is 5.66. The maximum absolute atomic E-state index is 13.3. The summed E-state index contributed by atoms with van der Waals surface area (Å²) >= 11 is 12.2. The Balaban J connectivity index is 1.84. The minimum atomic E-state index is -0.780. The number of aliphatic hydroxyl groups excluding tert-OH is 1. The molecule has 0 saturated carbocycles. The first-order chi connectivity index (χ1) is 13.9. The molecule has 1 atom stereocenters. The molecule has 0 radical (unpaired) electrons. The van der Waals surface area contributed by atoms with Crippen molar-refractivity contribution in [3.8, 4) is 0 Å². The minimum absolute atomic E-state index is 0.0269. The highest BCUT2D eigenvalue weighted by atomic mass is 35.5. The van der Waals surface area contributed by atoms with E-state index in [1.807, 2.05) is 19.1 Å². The van der Waals surface area contributed by atoms with E-state index in [4.69, 9.17) is 27.6 Å². The van der Waals surface area contributed by atoms with Gasteiger partial charge in [0.2, 0.25) is 5.78 Å². The smallest absolute Gasteiger partial charge is 0.290 e. The second-order valence-electron chi connectivity index (χ2n) is 6.81. The molecule has 0 aliphatic carbocycles. The highest BCUT2D eigenvalue weighted by Gasteiger charge is 2.44. The van der Waals surface area contributed by atoms with Gasteiger partial charge >= 0.3 is 0 Å². The summed E-state index contributed by atoms with van der Waals surface area (Å²) in [7, 11) is 0. The largest absolute Gasteiger partial charge is 0.503 e. The van der Waals surface area contributed by atoms with Crippen LogP contribution < -0.4 is 0 Å². The predicted octanol–water partition coefficient (Wildman–Crippen LogP) is 5.73. The maximum Gasteiger partial charge on any atom is 0.290 e. The Morgan fingerprint density at radius 2 is 1.90 bits per heavy atom. The summed E-state index contributed by atoms with van der Waals surface area (Å²) in [6.07, 6.45) is 0.656. The van der Waals surface area contributed by atoms with Crippen molar-refractivity contribution in [3.05, 3.63) is 81.2 Å². The molecule has 1 N–H and O–H groups in total. The zero-order chi connectivity index (χ0) is 20.7. The molecule has 0 fully saturated rings. The minimum Gasteiger partial charge on any atom is -0.503 e. The fourth-order valence-electron chi connectivity index (χ4n) is 3.61. The Morgan fingerprint density at radius 1 is 1.14 bits per heavy atom. The number of hydrogen-bond acceptors (Lipinski definition) is 4. The number of fused-ring (bicyclic) bond motifs is 1. The summed E-state index contributed by atoms with van der Waals surface area (Å²) < 4.78 is 5.68. The van der Waals surface area contributed by atoms with E-state index in [9.17, 15) is 14.7 Å². The Labute approximate surface area is 177 Å². The van der Waals surface area contributed by atoms with E-state index in [1.54, 1.807) is 36.4 Å². The second kappa shape index (κ2) is 7.58. The molecule has 4 rings (SSSR count). The van der Waals surface area contributed by atoms with Crippen molar-refractivity contribution < 1.29 is 19.1 Å². The van der Waals surface area contributed by atoms with Gasteiger partial charge in [0.15, 0.2) is 11.5 Å². The molecular formula is C22H17Cl2NO4. The lowest BCUT2D eigenvalue weighted by atomic mass is 9.95. The van der Waals surface area contributed by atoms with Gasteiger partial charge in [-0.05, 0) is 36.2 Å². The molecule has 2 aromatic carbocycles. The van der Waals surface area contributed by atoms with Gasteiger partial charge in [0, 0.05) is 11.9 Å². The molecular weight excluding hydrogens is 413 g/mol. The summed E-state index contributed by atoms with van der Waals surface area (Å²) in [6, 6.07) is 12.9. The van der Waals surface area contributed by atoms with E-state index < -0.39 is 23.5 Å². The number of furan rings is 1. The van der Waals surface area contributed by atoms with Crippen molar-refractivity contribution in [1.29, 1.82) is 0 Å². The number of para-hydroxylation sites is 1. The van der Waals surface area contributed by atoms with Crippen LogP contribution in [-0.4, -0.2) is 28.2 Å². The van der Waals surface area contributed by atoms with Crippen molar-refractivity contribution in [2.24, 2.45) is 0 Å². The first-order valence-corrected chi connectivity index (χ1v) is 9.90. The normalized spacial score (nSPS) is 16.9. The maximum atomic E-state index is 13.3. The van der Waals surface area contributed by atoms with Crippen molar-refractivity contribution >= 4 is 45.9 Å². The Bertz CT molecular complexity index is 1130. The molecule has 3 aromatic rings. The Kier molecular flexibility index (Phi) is 5.11. The molecule has 0 saturated heterocycles. The summed E-state index contributed by atoms with van der Waals surface area (Å²) in [5.74, 6) is -1.65. The lowest BCUT2D eigenvalue weighted by Crippen LogP contribution is -2.31. The van der Waals surface area contributed by atoms with Gasteiger partial charge in [0.05, 0.1) is 21.7 Å². The molecule has 1 aromatic heterocycles. The SMILES string of the molecule is CCCN1C(=O)C(O)=C(C(=O)c2cc3ccccc3o2)C1c1ccc(Cl)c(Cl)c1. The van der Waals surface area contributed by atoms with Crippen molar-refractivity contribution in [2.45, 2.75) is 19.4 Å². The van der Waals surface area contributed by atoms with Gasteiger partial charge in [-0.1, -0.05) is 54.4 Å². The monoisotopic (exact) mass is 429 g/mol. The molecule has 148 valence electrons. The van der Waals surface area contributed by atoms with Gasteiger partial charge in [-0.2, -0.15) is 0 Å². The topological polar surface area (TPSA) is 70.8 Å². The average molecular weight is 430 g/mol. The molecule has 2 heterocycles. The molecule has 7 heteroatoms. The number of halogens is 2. The molecule has 1 aliphatic heterocycles. The van der Waals surface area contributed by atoms with E-state index in [2.05, 4.69) is 0 Å². The standard InChI is InChI=1S/C22H17Cl2NO4/c1-2-9-25-19(13-7-8-14(23)15(24)10-13)18(21(27)22(25)28)20(26)17-11-12-5-3-4-6-16(12)29-17/h3-8,10-11,19,27H,2,9H2,1H3. The highest BCUT2D eigenvalue weighted by molar-refractivity contribution is 6.42. The second-order valence-corrected chi connectivity index (χ2v) is 7.63. The number of benzene rings is 2. The lowest BCUT2D eigenvalue weighted by molar-refractivity contribution is -0.129. The molecule has 0 spiro atoms. The van der Waals surface area contributed by atoms with Crippen LogP contribution in [0.25, 0.3) is 11.0 Å². The molecule has 29 heavy (non-hydrogen) atoms.